The molecule has 0 radical (unpaired) electrons. The van der Waals surface area contributed by atoms with Crippen LogP contribution >= 0.6 is 0 Å². The number of halogens is 4. The molecule has 1 aromatic carbocycles. The maximum atomic E-state index is 13.8. The number of sulfonamides is 1. The highest BCUT2D eigenvalue weighted by molar-refractivity contribution is 7.89. The van der Waals surface area contributed by atoms with Crippen LogP contribution in [-0.4, -0.2) is 45.8 Å². The van der Waals surface area contributed by atoms with Gasteiger partial charge in [0.2, 0.25) is 15.7 Å². The molecule has 0 aliphatic rings. The van der Waals surface area contributed by atoms with Crippen LogP contribution in [-0.2, 0) is 10.0 Å². The van der Waals surface area contributed by atoms with Crippen molar-refractivity contribution in [2.45, 2.75) is 24.0 Å². The normalized spacial score (nSPS) is 14.0. The van der Waals surface area contributed by atoms with Crippen molar-refractivity contribution in [2.24, 2.45) is 0 Å². The summed E-state index contributed by atoms with van der Waals surface area (Å²) >= 11 is 0. The molecule has 0 saturated carbocycles. The Bertz CT molecular complexity index is 1050. The Hall–Kier alpha value is -2.60. The first kappa shape index (κ1) is 19.2. The van der Waals surface area contributed by atoms with Gasteiger partial charge < -0.3 is 0 Å². The van der Waals surface area contributed by atoms with E-state index in [-0.39, 0.29) is 11.2 Å². The highest BCUT2D eigenvalue weighted by Crippen LogP contribution is 2.40. The molecule has 0 aliphatic heterocycles. The molecule has 2 heterocycles. The van der Waals surface area contributed by atoms with Crippen LogP contribution in [0.2, 0.25) is 0 Å². The van der Waals surface area contributed by atoms with Crippen LogP contribution in [0.5, 0.6) is 0 Å². The molecule has 7 nitrogen and oxygen atoms in total. The van der Waals surface area contributed by atoms with Crippen LogP contribution in [0, 0.1) is 5.82 Å². The maximum Gasteiger partial charge on any atom is 0.409 e. The molecule has 0 saturated heterocycles. The number of nitrogens with one attached hydrogen (secondary N) is 1. The molecular weight excluding hydrogens is 390 g/mol. The predicted molar refractivity (Wildman–Crippen MR) is 86.4 cm³/mol. The second-order valence-corrected chi connectivity index (χ2v) is 7.43. The minimum absolute atomic E-state index is 0.0949. The highest BCUT2D eigenvalue weighted by atomic mass is 32.2. The molecule has 0 spiro atoms. The van der Waals surface area contributed by atoms with Gasteiger partial charge in [0.25, 0.3) is 0 Å². The lowest BCUT2D eigenvalue weighted by Crippen LogP contribution is -2.42. The van der Waals surface area contributed by atoms with E-state index in [1.807, 2.05) is 0 Å². The van der Waals surface area contributed by atoms with Crippen LogP contribution in [0.15, 0.2) is 41.4 Å². The molecular formula is C15H13F4N5O2S. The number of alkyl halides is 3. The number of benzene rings is 1. The standard InChI is InChI=1S/C15H13F4N5O2S/c1-2-24(13(15(17,18)19)9-3-5-10(16)6-4-9)27(25,26)11-7-12-14(20-8-11)22-23-21-12/h3-8,13H,2H2,1H3,(H,20,21,22,23)/t13-/m1/s1. The van der Waals surface area contributed by atoms with E-state index in [1.165, 1.54) is 6.92 Å². The van der Waals surface area contributed by atoms with Gasteiger partial charge in [0.15, 0.2) is 0 Å². The second kappa shape index (κ2) is 6.85. The number of hydrogen-bond donors (Lipinski definition) is 1. The first-order chi connectivity index (χ1) is 12.6. The largest absolute Gasteiger partial charge is 0.409 e. The summed E-state index contributed by atoms with van der Waals surface area (Å²) in [6, 6.07) is 2.10. The minimum atomic E-state index is -4.92. The smallest absolute Gasteiger partial charge is 0.232 e. The summed E-state index contributed by atoms with van der Waals surface area (Å²) in [5, 5.41) is 9.61. The van der Waals surface area contributed by atoms with E-state index in [2.05, 4.69) is 20.4 Å². The molecule has 0 aliphatic carbocycles. The molecule has 0 bridgehead atoms. The summed E-state index contributed by atoms with van der Waals surface area (Å²) < 4.78 is 80.5. The average molecular weight is 403 g/mol. The minimum Gasteiger partial charge on any atom is -0.232 e. The van der Waals surface area contributed by atoms with Gasteiger partial charge in [-0.3, -0.25) is 0 Å². The fraction of sp³-hybridized carbons (Fsp3) is 0.267. The van der Waals surface area contributed by atoms with Crippen molar-refractivity contribution >= 4 is 21.2 Å². The lowest BCUT2D eigenvalue weighted by atomic mass is 10.1. The third-order valence-corrected chi connectivity index (χ3v) is 5.76. The summed E-state index contributed by atoms with van der Waals surface area (Å²) in [5.74, 6) is -0.730. The van der Waals surface area contributed by atoms with Crippen molar-refractivity contribution < 1.29 is 26.0 Å². The summed E-state index contributed by atoms with van der Waals surface area (Å²) in [5.41, 5.74) is -0.176. The fourth-order valence-electron chi connectivity index (χ4n) is 2.65. The molecule has 12 heteroatoms. The van der Waals surface area contributed by atoms with Gasteiger partial charge >= 0.3 is 6.18 Å². The zero-order chi connectivity index (χ0) is 19.8. The van der Waals surface area contributed by atoms with Gasteiger partial charge in [-0.05, 0) is 23.8 Å². The van der Waals surface area contributed by atoms with Crippen molar-refractivity contribution in [2.75, 3.05) is 6.54 Å². The zero-order valence-corrected chi connectivity index (χ0v) is 14.6. The van der Waals surface area contributed by atoms with Crippen molar-refractivity contribution in [3.63, 3.8) is 0 Å². The number of hydrogen-bond acceptors (Lipinski definition) is 5. The Morgan fingerprint density at radius 3 is 2.44 bits per heavy atom. The maximum absolute atomic E-state index is 13.8. The zero-order valence-electron chi connectivity index (χ0n) is 13.8. The van der Waals surface area contributed by atoms with Crippen molar-refractivity contribution in [3.05, 3.63) is 47.9 Å². The van der Waals surface area contributed by atoms with Crippen LogP contribution in [0.3, 0.4) is 0 Å². The van der Waals surface area contributed by atoms with Crippen LogP contribution in [0.1, 0.15) is 18.5 Å². The summed E-state index contributed by atoms with van der Waals surface area (Å²) in [7, 11) is -4.59. The van der Waals surface area contributed by atoms with E-state index < -0.39 is 45.1 Å². The number of aromatic nitrogens is 4. The number of rotatable bonds is 5. The van der Waals surface area contributed by atoms with Gasteiger partial charge in [0, 0.05) is 12.7 Å². The number of H-pyrrole nitrogens is 1. The van der Waals surface area contributed by atoms with E-state index in [9.17, 15) is 26.0 Å². The third kappa shape index (κ3) is 3.62. The second-order valence-electron chi connectivity index (χ2n) is 5.54. The van der Waals surface area contributed by atoms with E-state index in [0.717, 1.165) is 36.5 Å². The van der Waals surface area contributed by atoms with E-state index in [1.54, 1.807) is 0 Å². The monoisotopic (exact) mass is 403 g/mol. The molecule has 1 atom stereocenters. The van der Waals surface area contributed by atoms with Gasteiger partial charge in [-0.2, -0.15) is 27.8 Å². The van der Waals surface area contributed by atoms with Crippen LogP contribution in [0.4, 0.5) is 17.6 Å². The van der Waals surface area contributed by atoms with Gasteiger partial charge in [0.05, 0.1) is 0 Å². The van der Waals surface area contributed by atoms with E-state index >= 15 is 0 Å². The van der Waals surface area contributed by atoms with Gasteiger partial charge in [-0.25, -0.2) is 17.8 Å². The van der Waals surface area contributed by atoms with Crippen LogP contribution < -0.4 is 0 Å². The summed E-state index contributed by atoms with van der Waals surface area (Å²) in [6.45, 7) is 0.808. The molecule has 2 aromatic heterocycles. The molecule has 3 aromatic rings. The van der Waals surface area contributed by atoms with Gasteiger partial charge in [0.1, 0.15) is 22.3 Å². The van der Waals surface area contributed by atoms with Crippen LogP contribution in [0.25, 0.3) is 11.2 Å². The Morgan fingerprint density at radius 2 is 1.85 bits per heavy atom. The summed E-state index contributed by atoms with van der Waals surface area (Å²) in [6.07, 6.45) is -4.01. The van der Waals surface area contributed by atoms with E-state index in [0.29, 0.717) is 4.31 Å². The molecule has 1 N–H and O–H groups in total. The quantitative estimate of drug-likeness (QED) is 0.662. The highest BCUT2D eigenvalue weighted by Gasteiger charge is 2.48. The Morgan fingerprint density at radius 1 is 1.19 bits per heavy atom. The first-order valence-corrected chi connectivity index (χ1v) is 9.09. The third-order valence-electron chi connectivity index (χ3n) is 3.85. The topological polar surface area (TPSA) is 91.8 Å². The number of nitrogens with zero attached hydrogens (tertiary/aromatic N) is 4. The van der Waals surface area contributed by atoms with Crippen molar-refractivity contribution in [3.8, 4) is 0 Å². The fourth-order valence-corrected chi connectivity index (χ4v) is 4.23. The Balaban J connectivity index is 2.11. The lowest BCUT2D eigenvalue weighted by Gasteiger charge is -2.31. The molecule has 0 amide bonds. The van der Waals surface area contributed by atoms with Crippen molar-refractivity contribution in [1.29, 1.82) is 0 Å². The predicted octanol–water partition coefficient (Wildman–Crippen LogP) is 2.81. The Kier molecular flexibility index (Phi) is 4.86. The first-order valence-electron chi connectivity index (χ1n) is 7.65. The molecule has 27 heavy (non-hydrogen) atoms. The molecule has 3 rings (SSSR count). The SMILES string of the molecule is CCN([C@H](c1ccc(F)cc1)C(F)(F)F)S(=O)(=O)c1cnc2n[nH]nc2c1. The van der Waals surface area contributed by atoms with Crippen molar-refractivity contribution in [1.82, 2.24) is 24.7 Å². The molecule has 0 fully saturated rings. The molecule has 0 unspecified atom stereocenters. The Labute approximate surface area is 151 Å². The average Bonchev–Trinajstić information content (AvgIpc) is 3.07. The molecule has 144 valence electrons. The van der Waals surface area contributed by atoms with Gasteiger partial charge in [-0.1, -0.05) is 19.1 Å². The number of pyridine rings is 1. The number of aromatic amines is 1. The number of fused-ring (bicyclic) bond motifs is 1. The summed E-state index contributed by atoms with van der Waals surface area (Å²) in [4.78, 5) is 3.33. The van der Waals surface area contributed by atoms with Gasteiger partial charge in [-0.15, -0.1) is 5.10 Å². The lowest BCUT2D eigenvalue weighted by molar-refractivity contribution is -0.173. The van der Waals surface area contributed by atoms with E-state index in [4.69, 9.17) is 0 Å².